The summed E-state index contributed by atoms with van der Waals surface area (Å²) in [4.78, 5) is 11.8. The van der Waals surface area contributed by atoms with Gasteiger partial charge in [-0.3, -0.25) is 4.79 Å². The highest BCUT2D eigenvalue weighted by Gasteiger charge is 2.13. The van der Waals surface area contributed by atoms with Crippen molar-refractivity contribution in [1.82, 2.24) is 5.32 Å². The Kier molecular flexibility index (Phi) is 7.13. The number of halogens is 2. The first-order valence-electron chi connectivity index (χ1n) is 6.49. The lowest BCUT2D eigenvalue weighted by molar-refractivity contribution is -0.123. The number of benzene rings is 1. The molecule has 6 heteroatoms. The normalized spacial score (nSPS) is 12.3. The quantitative estimate of drug-likeness (QED) is 0.812. The van der Waals surface area contributed by atoms with Crippen molar-refractivity contribution in [2.24, 2.45) is 11.7 Å². The van der Waals surface area contributed by atoms with Gasteiger partial charge in [0.1, 0.15) is 5.75 Å². The highest BCUT2D eigenvalue weighted by Crippen LogP contribution is 2.24. The van der Waals surface area contributed by atoms with Crippen LogP contribution in [-0.4, -0.2) is 25.1 Å². The molecule has 3 N–H and O–H groups in total. The van der Waals surface area contributed by atoms with E-state index in [9.17, 15) is 4.79 Å². The molecule has 0 bridgehead atoms. The zero-order valence-corrected chi connectivity index (χ0v) is 13.2. The minimum absolute atomic E-state index is 0.0333. The predicted molar refractivity (Wildman–Crippen MR) is 82.4 cm³/mol. The van der Waals surface area contributed by atoms with E-state index >= 15 is 0 Å². The van der Waals surface area contributed by atoms with Crippen molar-refractivity contribution in [3.63, 3.8) is 0 Å². The minimum Gasteiger partial charge on any atom is -0.484 e. The second kappa shape index (κ2) is 8.35. The van der Waals surface area contributed by atoms with Gasteiger partial charge < -0.3 is 15.8 Å². The van der Waals surface area contributed by atoms with Crippen LogP contribution >= 0.6 is 23.2 Å². The van der Waals surface area contributed by atoms with Crippen molar-refractivity contribution in [1.29, 1.82) is 0 Å². The molecule has 1 unspecified atom stereocenters. The molecule has 0 aromatic heterocycles. The molecule has 20 heavy (non-hydrogen) atoms. The second-order valence-corrected chi connectivity index (χ2v) is 5.90. The van der Waals surface area contributed by atoms with E-state index < -0.39 is 0 Å². The molecule has 0 saturated heterocycles. The van der Waals surface area contributed by atoms with Gasteiger partial charge in [0.05, 0.1) is 0 Å². The highest BCUT2D eigenvalue weighted by molar-refractivity contribution is 6.34. The monoisotopic (exact) mass is 318 g/mol. The molecular weight excluding hydrogens is 299 g/mol. The molecule has 1 amide bonds. The topological polar surface area (TPSA) is 64.3 Å². The van der Waals surface area contributed by atoms with Crippen LogP contribution in [0.5, 0.6) is 5.75 Å². The van der Waals surface area contributed by atoms with Crippen LogP contribution in [0.15, 0.2) is 18.2 Å². The number of nitrogens with one attached hydrogen (secondary N) is 1. The predicted octanol–water partition coefficient (Wildman–Crippen LogP) is 2.86. The lowest BCUT2D eigenvalue weighted by Gasteiger charge is -2.18. The standard InChI is InChI=1S/C14H20Cl2N2O2/c1-9(2)3-12(7-17)18-14(19)8-20-13-5-10(15)4-11(16)6-13/h4-6,9,12H,3,7-8,17H2,1-2H3,(H,18,19). The van der Waals surface area contributed by atoms with Gasteiger partial charge in [0, 0.05) is 22.6 Å². The molecule has 1 aromatic carbocycles. The number of carbonyl (C=O) groups is 1. The zero-order valence-electron chi connectivity index (χ0n) is 11.7. The lowest BCUT2D eigenvalue weighted by Crippen LogP contribution is -2.43. The lowest BCUT2D eigenvalue weighted by atomic mass is 10.0. The molecule has 112 valence electrons. The second-order valence-electron chi connectivity index (χ2n) is 5.02. The summed E-state index contributed by atoms with van der Waals surface area (Å²) in [5.74, 6) is 0.722. The van der Waals surface area contributed by atoms with Crippen LogP contribution in [0, 0.1) is 5.92 Å². The molecule has 1 rings (SSSR count). The SMILES string of the molecule is CC(C)CC(CN)NC(=O)COc1cc(Cl)cc(Cl)c1. The molecule has 1 aromatic rings. The third kappa shape index (κ3) is 6.46. The summed E-state index contributed by atoms with van der Waals surface area (Å²) < 4.78 is 5.36. The summed E-state index contributed by atoms with van der Waals surface area (Å²) in [5.41, 5.74) is 5.63. The van der Waals surface area contributed by atoms with Gasteiger partial charge >= 0.3 is 0 Å². The number of rotatable bonds is 7. The van der Waals surface area contributed by atoms with Gasteiger partial charge in [-0.25, -0.2) is 0 Å². The van der Waals surface area contributed by atoms with Crippen molar-refractivity contribution < 1.29 is 9.53 Å². The van der Waals surface area contributed by atoms with Crippen LogP contribution in [0.3, 0.4) is 0 Å². The maximum atomic E-state index is 11.8. The molecular formula is C14H20Cl2N2O2. The van der Waals surface area contributed by atoms with Crippen molar-refractivity contribution in [3.8, 4) is 5.75 Å². The molecule has 0 fully saturated rings. The Morgan fingerprint density at radius 1 is 1.30 bits per heavy atom. The Bertz CT molecular complexity index is 433. The summed E-state index contributed by atoms with van der Waals surface area (Å²) in [5, 5.41) is 3.77. The number of amides is 1. The van der Waals surface area contributed by atoms with Crippen molar-refractivity contribution in [2.45, 2.75) is 26.3 Å². The number of ether oxygens (including phenoxy) is 1. The Hall–Kier alpha value is -0.970. The fraction of sp³-hybridized carbons (Fsp3) is 0.500. The zero-order chi connectivity index (χ0) is 15.1. The average Bonchev–Trinajstić information content (AvgIpc) is 2.34. The van der Waals surface area contributed by atoms with Crippen LogP contribution in [0.4, 0.5) is 0 Å². The number of hydrogen-bond donors (Lipinski definition) is 2. The number of nitrogens with two attached hydrogens (primary N) is 1. The van der Waals surface area contributed by atoms with Gasteiger partial charge in [0.15, 0.2) is 6.61 Å². The smallest absolute Gasteiger partial charge is 0.258 e. The maximum Gasteiger partial charge on any atom is 0.258 e. The first-order chi connectivity index (χ1) is 9.40. The van der Waals surface area contributed by atoms with E-state index in [2.05, 4.69) is 19.2 Å². The van der Waals surface area contributed by atoms with Crippen LogP contribution in [-0.2, 0) is 4.79 Å². The summed E-state index contributed by atoms with van der Waals surface area (Å²) >= 11 is 11.7. The minimum atomic E-state index is -0.211. The van der Waals surface area contributed by atoms with Crippen LogP contribution in [0.1, 0.15) is 20.3 Å². The van der Waals surface area contributed by atoms with E-state index in [0.29, 0.717) is 28.3 Å². The van der Waals surface area contributed by atoms with E-state index in [4.69, 9.17) is 33.7 Å². The van der Waals surface area contributed by atoms with Crippen molar-refractivity contribution >= 4 is 29.1 Å². The van der Waals surface area contributed by atoms with Gasteiger partial charge in [-0.1, -0.05) is 37.0 Å². The fourth-order valence-corrected chi connectivity index (χ4v) is 2.32. The summed E-state index contributed by atoms with van der Waals surface area (Å²) in [6.45, 7) is 4.48. The van der Waals surface area contributed by atoms with Crippen LogP contribution in [0.25, 0.3) is 0 Å². The van der Waals surface area contributed by atoms with Crippen molar-refractivity contribution in [2.75, 3.05) is 13.2 Å². The fourth-order valence-electron chi connectivity index (χ4n) is 1.81. The van der Waals surface area contributed by atoms with E-state index in [0.717, 1.165) is 6.42 Å². The average molecular weight is 319 g/mol. The van der Waals surface area contributed by atoms with Gasteiger partial charge in [-0.15, -0.1) is 0 Å². The van der Waals surface area contributed by atoms with Crippen molar-refractivity contribution in [3.05, 3.63) is 28.2 Å². The summed E-state index contributed by atoms with van der Waals surface area (Å²) in [7, 11) is 0. The molecule has 1 atom stereocenters. The largest absolute Gasteiger partial charge is 0.484 e. The summed E-state index contributed by atoms with van der Waals surface area (Å²) in [6.07, 6.45) is 0.839. The molecule has 0 heterocycles. The Labute approximate surface area is 129 Å². The Morgan fingerprint density at radius 3 is 2.40 bits per heavy atom. The number of hydrogen-bond acceptors (Lipinski definition) is 3. The molecule has 0 saturated carbocycles. The van der Waals surface area contributed by atoms with E-state index in [1.807, 2.05) is 0 Å². The van der Waals surface area contributed by atoms with Gasteiger partial charge in [-0.05, 0) is 30.5 Å². The maximum absolute atomic E-state index is 11.8. The van der Waals surface area contributed by atoms with Crippen LogP contribution < -0.4 is 15.8 Å². The molecule has 0 radical (unpaired) electrons. The Morgan fingerprint density at radius 2 is 1.90 bits per heavy atom. The van der Waals surface area contributed by atoms with Gasteiger partial charge in [0.2, 0.25) is 0 Å². The first-order valence-corrected chi connectivity index (χ1v) is 7.24. The molecule has 0 spiro atoms. The third-order valence-corrected chi connectivity index (χ3v) is 3.05. The summed E-state index contributed by atoms with van der Waals surface area (Å²) in [6, 6.07) is 4.78. The number of carbonyl (C=O) groups excluding carboxylic acids is 1. The van der Waals surface area contributed by atoms with Crippen LogP contribution in [0.2, 0.25) is 10.0 Å². The molecule has 4 nitrogen and oxygen atoms in total. The van der Waals surface area contributed by atoms with Gasteiger partial charge in [-0.2, -0.15) is 0 Å². The first kappa shape index (κ1) is 17.1. The molecule has 0 aliphatic heterocycles. The van der Waals surface area contributed by atoms with E-state index in [-0.39, 0.29) is 18.6 Å². The van der Waals surface area contributed by atoms with E-state index in [1.165, 1.54) is 0 Å². The molecule has 0 aliphatic rings. The molecule has 0 aliphatic carbocycles. The highest BCUT2D eigenvalue weighted by atomic mass is 35.5. The Balaban J connectivity index is 2.46. The van der Waals surface area contributed by atoms with E-state index in [1.54, 1.807) is 18.2 Å². The van der Waals surface area contributed by atoms with Gasteiger partial charge in [0.25, 0.3) is 5.91 Å². The third-order valence-electron chi connectivity index (χ3n) is 2.61.